The van der Waals surface area contributed by atoms with Gasteiger partial charge in [-0.3, -0.25) is 9.05 Å². The largest absolute Gasteiger partial charge is 0.403 e. The average Bonchev–Trinajstić information content (AvgIpc) is 2.04. The molecule has 0 aromatic carbocycles. The molecule has 0 aromatic heterocycles. The third-order valence-electron chi connectivity index (χ3n) is 2.37. The minimum absolute atomic E-state index is 0.0135. The minimum Gasteiger partial charge on any atom is -0.297 e. The van der Waals surface area contributed by atoms with Gasteiger partial charge in [0.25, 0.3) is 0 Å². The Morgan fingerprint density at radius 2 is 2.23 bits per heavy atom. The number of nitrogens with two attached hydrogens (primary N) is 1. The topological polar surface area (TPSA) is 61.5 Å². The summed E-state index contributed by atoms with van der Waals surface area (Å²) in [6.07, 6.45) is 2.91. The molecule has 0 aromatic rings. The first-order valence-electron chi connectivity index (χ1n) is 4.80. The van der Waals surface area contributed by atoms with E-state index >= 15 is 0 Å². The summed E-state index contributed by atoms with van der Waals surface area (Å²) < 4.78 is 21.5. The van der Waals surface area contributed by atoms with E-state index in [1.165, 1.54) is 0 Å². The van der Waals surface area contributed by atoms with Crippen molar-refractivity contribution in [3.8, 4) is 0 Å². The molecule has 0 aliphatic carbocycles. The highest BCUT2D eigenvalue weighted by Gasteiger charge is 2.35. The number of hydrogen-bond acceptors (Lipinski definition) is 3. The summed E-state index contributed by atoms with van der Waals surface area (Å²) in [4.78, 5) is 0. The van der Waals surface area contributed by atoms with Crippen molar-refractivity contribution in [3.05, 3.63) is 0 Å². The van der Waals surface area contributed by atoms with Gasteiger partial charge in [-0.2, -0.15) is 0 Å². The zero-order valence-corrected chi connectivity index (χ0v) is 9.13. The fourth-order valence-electron chi connectivity index (χ4n) is 1.57. The minimum atomic E-state index is -3.22. The van der Waals surface area contributed by atoms with E-state index in [4.69, 9.17) is 14.6 Å². The van der Waals surface area contributed by atoms with Gasteiger partial charge in [0.05, 0.1) is 12.7 Å². The van der Waals surface area contributed by atoms with Gasteiger partial charge in [-0.05, 0) is 12.8 Å². The van der Waals surface area contributed by atoms with E-state index in [2.05, 4.69) is 13.8 Å². The Morgan fingerprint density at radius 1 is 1.54 bits per heavy atom. The van der Waals surface area contributed by atoms with Crippen molar-refractivity contribution in [3.63, 3.8) is 0 Å². The van der Waals surface area contributed by atoms with Crippen LogP contribution in [-0.2, 0) is 13.6 Å². The zero-order chi connectivity index (χ0) is 9.90. The van der Waals surface area contributed by atoms with Crippen LogP contribution in [0.4, 0.5) is 0 Å². The Balaban J connectivity index is 2.57. The van der Waals surface area contributed by atoms with E-state index in [9.17, 15) is 4.57 Å². The van der Waals surface area contributed by atoms with Crippen LogP contribution in [0.15, 0.2) is 0 Å². The van der Waals surface area contributed by atoms with Gasteiger partial charge in [0.1, 0.15) is 0 Å². The van der Waals surface area contributed by atoms with E-state index in [0.717, 1.165) is 19.3 Å². The lowest BCUT2D eigenvalue weighted by Crippen LogP contribution is -2.33. The van der Waals surface area contributed by atoms with E-state index in [1.807, 2.05) is 0 Å². The van der Waals surface area contributed by atoms with Crippen molar-refractivity contribution in [2.24, 2.45) is 11.4 Å². The molecule has 13 heavy (non-hydrogen) atoms. The second-order valence-corrected chi connectivity index (χ2v) is 4.99. The van der Waals surface area contributed by atoms with E-state index in [0.29, 0.717) is 12.5 Å². The van der Waals surface area contributed by atoms with Crippen molar-refractivity contribution in [1.82, 2.24) is 0 Å². The standard InChI is InChI=1S/C8H18NO3P/c1-3-5-8-7(4-2)6-11-13(9,10)12-8/h7-8H,3-6H2,1-2H3,(H2,9,10)/t7-,8-,13+/m0/s1. The van der Waals surface area contributed by atoms with E-state index in [-0.39, 0.29) is 6.10 Å². The lowest BCUT2D eigenvalue weighted by atomic mass is 9.97. The normalized spacial score (nSPS) is 40.5. The second kappa shape index (κ2) is 4.56. The fraction of sp³-hybridized carbons (Fsp3) is 1.00. The third kappa shape index (κ3) is 3.06. The Labute approximate surface area is 79.4 Å². The zero-order valence-electron chi connectivity index (χ0n) is 8.23. The fourth-order valence-corrected chi connectivity index (χ4v) is 2.68. The second-order valence-electron chi connectivity index (χ2n) is 3.44. The molecule has 0 amide bonds. The van der Waals surface area contributed by atoms with Crippen molar-refractivity contribution >= 4 is 7.75 Å². The van der Waals surface area contributed by atoms with Gasteiger partial charge in [0, 0.05) is 5.92 Å². The van der Waals surface area contributed by atoms with E-state index in [1.54, 1.807) is 0 Å². The molecule has 1 saturated heterocycles. The summed E-state index contributed by atoms with van der Waals surface area (Å²) in [6, 6.07) is 0. The Morgan fingerprint density at radius 3 is 2.77 bits per heavy atom. The van der Waals surface area contributed by atoms with Crippen LogP contribution in [0.2, 0.25) is 0 Å². The van der Waals surface area contributed by atoms with Crippen LogP contribution in [0.25, 0.3) is 0 Å². The molecular weight excluding hydrogens is 189 g/mol. The van der Waals surface area contributed by atoms with Crippen LogP contribution in [0.5, 0.6) is 0 Å². The van der Waals surface area contributed by atoms with Gasteiger partial charge in [-0.25, -0.2) is 10.1 Å². The molecular formula is C8H18NO3P. The van der Waals surface area contributed by atoms with Crippen molar-refractivity contribution in [2.75, 3.05) is 6.61 Å². The van der Waals surface area contributed by atoms with Crippen molar-refractivity contribution in [1.29, 1.82) is 0 Å². The molecule has 78 valence electrons. The van der Waals surface area contributed by atoms with Gasteiger partial charge in [-0.15, -0.1) is 0 Å². The van der Waals surface area contributed by atoms with Gasteiger partial charge < -0.3 is 0 Å². The Bertz CT molecular complexity index is 210. The van der Waals surface area contributed by atoms with Crippen LogP contribution < -0.4 is 5.50 Å². The van der Waals surface area contributed by atoms with Crippen LogP contribution in [0, 0.1) is 5.92 Å². The maximum Gasteiger partial charge on any atom is 0.403 e. The van der Waals surface area contributed by atoms with Crippen LogP contribution in [-0.4, -0.2) is 12.7 Å². The molecule has 1 rings (SSSR count). The molecule has 2 N–H and O–H groups in total. The first kappa shape index (κ1) is 11.2. The summed E-state index contributed by atoms with van der Waals surface area (Å²) in [5.41, 5.74) is 5.33. The number of hydrogen-bond donors (Lipinski definition) is 1. The Kier molecular flexibility index (Phi) is 3.92. The third-order valence-corrected chi connectivity index (χ3v) is 3.45. The summed E-state index contributed by atoms with van der Waals surface area (Å²) in [7, 11) is -3.22. The maximum atomic E-state index is 11.3. The smallest absolute Gasteiger partial charge is 0.297 e. The highest BCUT2D eigenvalue weighted by Crippen LogP contribution is 2.47. The van der Waals surface area contributed by atoms with Crippen molar-refractivity contribution in [2.45, 2.75) is 39.2 Å². The molecule has 1 aliphatic rings. The van der Waals surface area contributed by atoms with Crippen molar-refractivity contribution < 1.29 is 13.6 Å². The quantitative estimate of drug-likeness (QED) is 0.721. The summed E-state index contributed by atoms with van der Waals surface area (Å²) in [6.45, 7) is 4.62. The van der Waals surface area contributed by atoms with E-state index < -0.39 is 7.75 Å². The van der Waals surface area contributed by atoms with Gasteiger partial charge >= 0.3 is 7.75 Å². The molecule has 1 aliphatic heterocycles. The number of rotatable bonds is 3. The molecule has 0 unspecified atom stereocenters. The monoisotopic (exact) mass is 207 g/mol. The average molecular weight is 207 g/mol. The highest BCUT2D eigenvalue weighted by atomic mass is 31.2. The molecule has 0 radical (unpaired) electrons. The summed E-state index contributed by atoms with van der Waals surface area (Å²) in [5.74, 6) is 0.338. The predicted molar refractivity (Wildman–Crippen MR) is 51.3 cm³/mol. The molecule has 0 bridgehead atoms. The highest BCUT2D eigenvalue weighted by molar-refractivity contribution is 7.51. The molecule has 3 atom stereocenters. The molecule has 0 saturated carbocycles. The predicted octanol–water partition coefficient (Wildman–Crippen LogP) is 2.29. The lowest BCUT2D eigenvalue weighted by Gasteiger charge is -2.33. The van der Waals surface area contributed by atoms with Crippen LogP contribution in [0.1, 0.15) is 33.1 Å². The van der Waals surface area contributed by atoms with Gasteiger partial charge in [0.2, 0.25) is 0 Å². The molecule has 1 fully saturated rings. The molecule has 1 heterocycles. The molecule has 5 heteroatoms. The van der Waals surface area contributed by atoms with Crippen LogP contribution in [0.3, 0.4) is 0 Å². The summed E-state index contributed by atoms with van der Waals surface area (Å²) in [5, 5.41) is 0. The summed E-state index contributed by atoms with van der Waals surface area (Å²) >= 11 is 0. The SMILES string of the molecule is CCC[C@@H]1O[P@](N)(=O)OC[C@@H]1CC. The molecule has 0 spiro atoms. The van der Waals surface area contributed by atoms with Crippen LogP contribution >= 0.6 is 7.75 Å². The molecule has 4 nitrogen and oxygen atoms in total. The van der Waals surface area contributed by atoms with Gasteiger partial charge in [-0.1, -0.05) is 20.3 Å². The van der Waals surface area contributed by atoms with Gasteiger partial charge in [0.15, 0.2) is 0 Å². The Hall–Kier alpha value is 0.110. The first-order valence-corrected chi connectivity index (χ1v) is 6.41. The first-order chi connectivity index (χ1) is 6.09. The lowest BCUT2D eigenvalue weighted by molar-refractivity contribution is 0.0199. The maximum absolute atomic E-state index is 11.3.